The molecule has 2 rings (SSSR count). The molecule has 1 unspecified atom stereocenters. The second-order valence-electron chi connectivity index (χ2n) is 5.72. The summed E-state index contributed by atoms with van der Waals surface area (Å²) in [7, 11) is 0. The molecule has 1 aliphatic carbocycles. The molecular formula is C15H20ClNO3. The molecule has 0 fully saturated rings. The van der Waals surface area contributed by atoms with Crippen molar-refractivity contribution in [2.45, 2.75) is 39.2 Å². The van der Waals surface area contributed by atoms with E-state index in [0.29, 0.717) is 0 Å². The number of amides is 1. The molecule has 1 aliphatic rings. The largest absolute Gasteiger partial charge is 0.444 e. The van der Waals surface area contributed by atoms with Gasteiger partial charge in [0, 0.05) is 10.9 Å². The van der Waals surface area contributed by atoms with Crippen LogP contribution in [0.1, 0.15) is 31.9 Å². The summed E-state index contributed by atoms with van der Waals surface area (Å²) in [5.74, 6) is 0.153. The number of aldehydes is 1. The van der Waals surface area contributed by atoms with Crippen LogP contribution >= 0.6 is 11.6 Å². The number of rotatable bonds is 1. The minimum atomic E-state index is -0.725. The van der Waals surface area contributed by atoms with Crippen molar-refractivity contribution < 1.29 is 14.3 Å². The molecule has 0 bridgehead atoms. The van der Waals surface area contributed by atoms with E-state index in [9.17, 15) is 9.59 Å². The highest BCUT2D eigenvalue weighted by molar-refractivity contribution is 6.31. The first-order valence-electron chi connectivity index (χ1n) is 6.43. The molecule has 1 atom stereocenters. The van der Waals surface area contributed by atoms with Crippen LogP contribution in [0.2, 0.25) is 5.02 Å². The zero-order valence-corrected chi connectivity index (χ0v) is 12.7. The number of halogens is 1. The van der Waals surface area contributed by atoms with Gasteiger partial charge in [0.2, 0.25) is 0 Å². The second kappa shape index (κ2) is 6.75. The lowest BCUT2D eigenvalue weighted by molar-refractivity contribution is -0.110. The van der Waals surface area contributed by atoms with E-state index in [4.69, 9.17) is 17.3 Å². The van der Waals surface area contributed by atoms with Crippen LogP contribution in [0.3, 0.4) is 0 Å². The highest BCUT2D eigenvalue weighted by Crippen LogP contribution is 2.30. The zero-order chi connectivity index (χ0) is 15.3. The van der Waals surface area contributed by atoms with Gasteiger partial charge >= 0.3 is 6.09 Å². The Morgan fingerprint density at radius 2 is 2.05 bits per heavy atom. The minimum Gasteiger partial charge on any atom is -0.444 e. The normalized spacial score (nSPS) is 16.7. The zero-order valence-electron chi connectivity index (χ0n) is 12.0. The molecule has 1 aromatic rings. The van der Waals surface area contributed by atoms with E-state index in [1.54, 1.807) is 20.8 Å². The molecule has 0 aromatic heterocycles. The topological polar surface area (TPSA) is 69.4 Å². The lowest BCUT2D eigenvalue weighted by Crippen LogP contribution is -2.27. The van der Waals surface area contributed by atoms with Crippen LogP contribution in [0.4, 0.5) is 4.79 Å². The van der Waals surface area contributed by atoms with Crippen LogP contribution in [0.15, 0.2) is 18.2 Å². The van der Waals surface area contributed by atoms with Gasteiger partial charge in [-0.1, -0.05) is 23.7 Å². The average Bonchev–Trinajstić information content (AvgIpc) is 2.71. The van der Waals surface area contributed by atoms with Crippen molar-refractivity contribution in [3.8, 4) is 0 Å². The van der Waals surface area contributed by atoms with Gasteiger partial charge in [0.15, 0.2) is 0 Å². The molecule has 0 radical (unpaired) electrons. The summed E-state index contributed by atoms with van der Waals surface area (Å²) in [5, 5.41) is 0.803. The fourth-order valence-corrected chi connectivity index (χ4v) is 2.31. The second-order valence-corrected chi connectivity index (χ2v) is 6.12. The van der Waals surface area contributed by atoms with Gasteiger partial charge in [-0.05, 0) is 50.8 Å². The summed E-state index contributed by atoms with van der Waals surface area (Å²) >= 11 is 5.98. The van der Waals surface area contributed by atoms with Crippen molar-refractivity contribution in [2.75, 3.05) is 0 Å². The molecular weight excluding hydrogens is 278 g/mol. The van der Waals surface area contributed by atoms with Crippen molar-refractivity contribution in [3.05, 3.63) is 34.3 Å². The maximum atomic E-state index is 10.5. The summed E-state index contributed by atoms with van der Waals surface area (Å²) in [6.45, 7) is 5.28. The Hall–Kier alpha value is -1.55. The van der Waals surface area contributed by atoms with Crippen LogP contribution in [0.25, 0.3) is 0 Å². The summed E-state index contributed by atoms with van der Waals surface area (Å²) < 4.78 is 4.58. The first kappa shape index (κ1) is 16.5. The van der Waals surface area contributed by atoms with Gasteiger partial charge in [0.05, 0.1) is 0 Å². The molecule has 5 heteroatoms. The van der Waals surface area contributed by atoms with Crippen LogP contribution in [-0.2, 0) is 22.4 Å². The van der Waals surface area contributed by atoms with Crippen LogP contribution in [-0.4, -0.2) is 18.0 Å². The predicted octanol–water partition coefficient (Wildman–Crippen LogP) is 3.13. The van der Waals surface area contributed by atoms with Gasteiger partial charge < -0.3 is 15.3 Å². The third-order valence-electron chi connectivity index (χ3n) is 2.76. The molecule has 4 nitrogen and oxygen atoms in total. The Kier molecular flexibility index (Phi) is 5.57. The number of hydrogen-bond donors (Lipinski definition) is 1. The van der Waals surface area contributed by atoms with E-state index in [-0.39, 0.29) is 5.92 Å². The SMILES string of the molecule is CC(C)(C)OC(N)=O.O=CC1Cc2cccc(Cl)c2C1. The first-order chi connectivity index (χ1) is 9.23. The quantitative estimate of drug-likeness (QED) is 0.810. The summed E-state index contributed by atoms with van der Waals surface area (Å²) in [6, 6.07) is 5.87. The number of ether oxygens (including phenoxy) is 1. The van der Waals surface area contributed by atoms with E-state index in [2.05, 4.69) is 4.74 Å². The number of fused-ring (bicyclic) bond motifs is 1. The molecule has 1 amide bonds. The summed E-state index contributed by atoms with van der Waals surface area (Å²) in [6.07, 6.45) is 1.98. The summed E-state index contributed by atoms with van der Waals surface area (Å²) in [4.78, 5) is 20.6. The molecule has 110 valence electrons. The Balaban J connectivity index is 0.000000221. The number of nitrogens with two attached hydrogens (primary N) is 1. The fraction of sp³-hybridized carbons (Fsp3) is 0.467. The standard InChI is InChI=1S/C10H9ClO.C5H11NO2/c11-10-3-1-2-8-4-7(6-12)5-9(8)10;1-5(2,3)8-4(6)7/h1-3,6-7H,4-5H2;1-3H3,(H2,6,7). The van der Waals surface area contributed by atoms with Crippen molar-refractivity contribution in [1.29, 1.82) is 0 Å². The molecule has 0 aliphatic heterocycles. The molecule has 2 N–H and O–H groups in total. The number of carbonyl (C=O) groups excluding carboxylic acids is 2. The highest BCUT2D eigenvalue weighted by Gasteiger charge is 2.22. The minimum absolute atomic E-state index is 0.153. The third-order valence-corrected chi connectivity index (χ3v) is 3.12. The van der Waals surface area contributed by atoms with Crippen molar-refractivity contribution in [3.63, 3.8) is 0 Å². The number of carbonyl (C=O) groups is 2. The maximum absolute atomic E-state index is 10.5. The molecule has 20 heavy (non-hydrogen) atoms. The van der Waals surface area contributed by atoms with E-state index in [1.165, 1.54) is 5.56 Å². The first-order valence-corrected chi connectivity index (χ1v) is 6.80. The number of hydrogen-bond acceptors (Lipinski definition) is 3. The van der Waals surface area contributed by atoms with Crippen molar-refractivity contribution in [1.82, 2.24) is 0 Å². The Morgan fingerprint density at radius 3 is 2.45 bits per heavy atom. The highest BCUT2D eigenvalue weighted by atomic mass is 35.5. The number of primary amides is 1. The average molecular weight is 298 g/mol. The number of benzene rings is 1. The third kappa shape index (κ3) is 5.21. The summed E-state index contributed by atoms with van der Waals surface area (Å²) in [5.41, 5.74) is 6.66. The molecule has 0 spiro atoms. The van der Waals surface area contributed by atoms with Gasteiger partial charge in [-0.25, -0.2) is 4.79 Å². The van der Waals surface area contributed by atoms with Crippen LogP contribution < -0.4 is 5.73 Å². The van der Waals surface area contributed by atoms with E-state index >= 15 is 0 Å². The van der Waals surface area contributed by atoms with Gasteiger partial charge in [-0.15, -0.1) is 0 Å². The maximum Gasteiger partial charge on any atom is 0.405 e. The molecule has 1 aromatic carbocycles. The lowest BCUT2D eigenvalue weighted by atomic mass is 10.1. The molecule has 0 heterocycles. The lowest BCUT2D eigenvalue weighted by Gasteiger charge is -2.16. The van der Waals surface area contributed by atoms with Crippen molar-refractivity contribution >= 4 is 24.0 Å². The smallest absolute Gasteiger partial charge is 0.405 e. The fourth-order valence-electron chi connectivity index (χ4n) is 2.04. The predicted molar refractivity (Wildman–Crippen MR) is 78.8 cm³/mol. The molecule has 0 saturated carbocycles. The van der Waals surface area contributed by atoms with Gasteiger partial charge in [0.25, 0.3) is 0 Å². The van der Waals surface area contributed by atoms with E-state index in [0.717, 1.165) is 29.7 Å². The Bertz CT molecular complexity index is 494. The van der Waals surface area contributed by atoms with E-state index in [1.807, 2.05) is 18.2 Å². The monoisotopic (exact) mass is 297 g/mol. The van der Waals surface area contributed by atoms with Gasteiger partial charge in [-0.2, -0.15) is 0 Å². The molecule has 0 saturated heterocycles. The Morgan fingerprint density at radius 1 is 1.40 bits per heavy atom. The van der Waals surface area contributed by atoms with Crippen LogP contribution in [0, 0.1) is 5.92 Å². The Labute approximate surface area is 124 Å². The van der Waals surface area contributed by atoms with Crippen LogP contribution in [0.5, 0.6) is 0 Å². The van der Waals surface area contributed by atoms with Gasteiger partial charge in [-0.3, -0.25) is 0 Å². The van der Waals surface area contributed by atoms with Crippen molar-refractivity contribution in [2.24, 2.45) is 11.7 Å². The van der Waals surface area contributed by atoms with E-state index < -0.39 is 11.7 Å². The van der Waals surface area contributed by atoms with Gasteiger partial charge in [0.1, 0.15) is 11.9 Å².